The average molecular weight is 279 g/mol. The SMILES string of the molecule is CCn1nc2c(c1Br)CCS(=O)(=O)C2. The van der Waals surface area contributed by atoms with E-state index >= 15 is 0 Å². The molecule has 0 fully saturated rings. The van der Waals surface area contributed by atoms with Gasteiger partial charge in [-0.2, -0.15) is 5.10 Å². The lowest BCUT2D eigenvalue weighted by molar-refractivity contribution is 0.589. The first kappa shape index (κ1) is 10.2. The van der Waals surface area contributed by atoms with Gasteiger partial charge in [-0.1, -0.05) is 0 Å². The van der Waals surface area contributed by atoms with Gasteiger partial charge in [0.25, 0.3) is 0 Å². The van der Waals surface area contributed by atoms with Crippen LogP contribution in [0.25, 0.3) is 0 Å². The highest BCUT2D eigenvalue weighted by molar-refractivity contribution is 9.10. The van der Waals surface area contributed by atoms with E-state index in [1.54, 1.807) is 4.68 Å². The van der Waals surface area contributed by atoms with E-state index in [1.165, 1.54) is 0 Å². The molecular weight excluding hydrogens is 268 g/mol. The minimum atomic E-state index is -2.90. The van der Waals surface area contributed by atoms with E-state index in [4.69, 9.17) is 0 Å². The monoisotopic (exact) mass is 278 g/mol. The molecule has 0 atom stereocenters. The van der Waals surface area contributed by atoms with Gasteiger partial charge in [0.15, 0.2) is 9.84 Å². The minimum absolute atomic E-state index is 0.0912. The van der Waals surface area contributed by atoms with Gasteiger partial charge in [0.1, 0.15) is 4.60 Å². The zero-order valence-electron chi connectivity index (χ0n) is 7.83. The molecule has 2 heterocycles. The van der Waals surface area contributed by atoms with Crippen molar-refractivity contribution in [2.75, 3.05) is 5.75 Å². The molecule has 2 rings (SSSR count). The molecule has 1 aliphatic rings. The largest absolute Gasteiger partial charge is 0.258 e. The van der Waals surface area contributed by atoms with Gasteiger partial charge >= 0.3 is 0 Å². The number of fused-ring (bicyclic) bond motifs is 1. The summed E-state index contributed by atoms with van der Waals surface area (Å²) in [6.07, 6.45) is 0.582. The minimum Gasteiger partial charge on any atom is -0.258 e. The summed E-state index contributed by atoms with van der Waals surface area (Å²) >= 11 is 3.44. The van der Waals surface area contributed by atoms with E-state index < -0.39 is 9.84 Å². The molecule has 0 N–H and O–H groups in total. The lowest BCUT2D eigenvalue weighted by atomic mass is 10.2. The van der Waals surface area contributed by atoms with Crippen molar-refractivity contribution in [3.63, 3.8) is 0 Å². The number of aryl methyl sites for hydroxylation is 1. The van der Waals surface area contributed by atoms with Crippen molar-refractivity contribution in [1.82, 2.24) is 9.78 Å². The van der Waals surface area contributed by atoms with Crippen molar-refractivity contribution in [1.29, 1.82) is 0 Å². The second-order valence-electron chi connectivity index (χ2n) is 3.37. The summed E-state index contributed by atoms with van der Waals surface area (Å²) in [5.74, 6) is 0.335. The number of rotatable bonds is 1. The Bertz CT molecular complexity index is 464. The van der Waals surface area contributed by atoms with Gasteiger partial charge < -0.3 is 0 Å². The molecule has 1 aromatic heterocycles. The van der Waals surface area contributed by atoms with E-state index in [0.717, 1.165) is 16.7 Å². The Morgan fingerprint density at radius 3 is 2.93 bits per heavy atom. The molecule has 6 heteroatoms. The van der Waals surface area contributed by atoms with Crippen LogP contribution in [-0.2, 0) is 28.6 Å². The van der Waals surface area contributed by atoms with Crippen molar-refractivity contribution < 1.29 is 8.42 Å². The van der Waals surface area contributed by atoms with E-state index in [-0.39, 0.29) is 11.5 Å². The van der Waals surface area contributed by atoms with Gasteiger partial charge in [0.2, 0.25) is 0 Å². The summed E-state index contributed by atoms with van der Waals surface area (Å²) in [4.78, 5) is 0. The number of hydrogen-bond acceptors (Lipinski definition) is 3. The van der Waals surface area contributed by atoms with Gasteiger partial charge in [-0.05, 0) is 29.3 Å². The summed E-state index contributed by atoms with van der Waals surface area (Å²) in [7, 11) is -2.90. The molecule has 0 spiro atoms. The lowest BCUT2D eigenvalue weighted by Crippen LogP contribution is -2.18. The Hall–Kier alpha value is -0.360. The summed E-state index contributed by atoms with van der Waals surface area (Å²) in [6, 6.07) is 0. The highest BCUT2D eigenvalue weighted by Crippen LogP contribution is 2.27. The van der Waals surface area contributed by atoms with Crippen molar-refractivity contribution in [2.45, 2.75) is 25.6 Å². The van der Waals surface area contributed by atoms with Gasteiger partial charge in [-0.25, -0.2) is 8.42 Å². The molecule has 78 valence electrons. The van der Waals surface area contributed by atoms with Crippen LogP contribution in [0, 0.1) is 0 Å². The molecule has 0 radical (unpaired) electrons. The quantitative estimate of drug-likeness (QED) is 0.774. The van der Waals surface area contributed by atoms with Gasteiger partial charge in [-0.15, -0.1) is 0 Å². The Balaban J connectivity index is 2.50. The predicted molar refractivity (Wildman–Crippen MR) is 56.8 cm³/mol. The van der Waals surface area contributed by atoms with E-state index in [1.807, 2.05) is 6.92 Å². The van der Waals surface area contributed by atoms with Crippen molar-refractivity contribution >= 4 is 25.8 Å². The van der Waals surface area contributed by atoms with E-state index in [9.17, 15) is 8.42 Å². The molecule has 4 nitrogen and oxygen atoms in total. The third kappa shape index (κ3) is 1.61. The maximum absolute atomic E-state index is 11.4. The smallest absolute Gasteiger partial charge is 0.156 e. The zero-order valence-corrected chi connectivity index (χ0v) is 10.2. The summed E-state index contributed by atoms with van der Waals surface area (Å²) in [5.41, 5.74) is 1.77. The van der Waals surface area contributed by atoms with Gasteiger partial charge in [0, 0.05) is 12.1 Å². The van der Waals surface area contributed by atoms with Crippen LogP contribution in [0.2, 0.25) is 0 Å². The third-order valence-corrected chi connectivity index (χ3v) is 4.81. The molecule has 0 aromatic carbocycles. The predicted octanol–water partition coefficient (Wildman–Crippen LogP) is 1.14. The Morgan fingerprint density at radius 1 is 1.57 bits per heavy atom. The summed E-state index contributed by atoms with van der Waals surface area (Å²) in [6.45, 7) is 2.74. The zero-order chi connectivity index (χ0) is 10.3. The van der Waals surface area contributed by atoms with E-state index in [0.29, 0.717) is 12.1 Å². The average Bonchev–Trinajstić information content (AvgIpc) is 2.40. The molecular formula is C8H11BrN2O2S. The fourth-order valence-corrected chi connectivity index (χ4v) is 3.70. The maximum Gasteiger partial charge on any atom is 0.156 e. The molecule has 1 aliphatic heterocycles. The van der Waals surface area contributed by atoms with Crippen LogP contribution >= 0.6 is 15.9 Å². The second-order valence-corrected chi connectivity index (χ2v) is 6.31. The number of hydrogen-bond donors (Lipinski definition) is 0. The van der Waals surface area contributed by atoms with Crippen LogP contribution in [-0.4, -0.2) is 24.0 Å². The molecule has 14 heavy (non-hydrogen) atoms. The van der Waals surface area contributed by atoms with E-state index in [2.05, 4.69) is 21.0 Å². The van der Waals surface area contributed by atoms with Gasteiger partial charge in [-0.3, -0.25) is 4.68 Å². The van der Waals surface area contributed by atoms with Crippen molar-refractivity contribution in [3.05, 3.63) is 15.9 Å². The molecule has 0 bridgehead atoms. The van der Waals surface area contributed by atoms with Crippen LogP contribution in [0.3, 0.4) is 0 Å². The first-order valence-electron chi connectivity index (χ1n) is 4.48. The Morgan fingerprint density at radius 2 is 2.29 bits per heavy atom. The maximum atomic E-state index is 11.4. The lowest BCUT2D eigenvalue weighted by Gasteiger charge is -2.09. The number of sulfone groups is 1. The van der Waals surface area contributed by atoms with Gasteiger partial charge in [0.05, 0.1) is 17.2 Å². The van der Waals surface area contributed by atoms with Crippen LogP contribution in [0.1, 0.15) is 18.2 Å². The van der Waals surface area contributed by atoms with Crippen LogP contribution < -0.4 is 0 Å². The second kappa shape index (κ2) is 3.34. The van der Waals surface area contributed by atoms with Crippen LogP contribution in [0.15, 0.2) is 4.60 Å². The van der Waals surface area contributed by atoms with Crippen LogP contribution in [0.5, 0.6) is 0 Å². The third-order valence-electron chi connectivity index (χ3n) is 2.38. The highest BCUT2D eigenvalue weighted by Gasteiger charge is 2.26. The first-order valence-corrected chi connectivity index (χ1v) is 7.09. The molecule has 1 aromatic rings. The normalized spacial score (nSPS) is 19.3. The topological polar surface area (TPSA) is 52.0 Å². The highest BCUT2D eigenvalue weighted by atomic mass is 79.9. The van der Waals surface area contributed by atoms with Crippen LogP contribution in [0.4, 0.5) is 0 Å². The molecule has 0 unspecified atom stereocenters. The molecule has 0 saturated carbocycles. The van der Waals surface area contributed by atoms with Crippen molar-refractivity contribution in [2.24, 2.45) is 0 Å². The Kier molecular flexibility index (Phi) is 2.43. The fourth-order valence-electron chi connectivity index (χ4n) is 1.64. The molecule has 0 amide bonds. The first-order chi connectivity index (χ1) is 6.53. The fraction of sp³-hybridized carbons (Fsp3) is 0.625. The summed E-state index contributed by atoms with van der Waals surface area (Å²) < 4.78 is 25.4. The Labute approximate surface area is 91.4 Å². The van der Waals surface area contributed by atoms with Crippen molar-refractivity contribution in [3.8, 4) is 0 Å². The number of halogens is 1. The number of nitrogens with zero attached hydrogens (tertiary/aromatic N) is 2. The summed E-state index contributed by atoms with van der Waals surface area (Å²) in [5, 5.41) is 4.26. The standard InChI is InChI=1S/C8H11BrN2O2S/c1-2-11-8(9)6-3-4-14(12,13)5-7(6)10-11/h2-5H2,1H3. The number of aromatic nitrogens is 2. The molecule has 0 saturated heterocycles. The molecule has 0 aliphatic carbocycles.